The molecule has 1 aliphatic rings. The van der Waals surface area contributed by atoms with E-state index in [1.807, 2.05) is 25.1 Å². The summed E-state index contributed by atoms with van der Waals surface area (Å²) in [6, 6.07) is 10.5. The number of halogens is 1. The van der Waals surface area contributed by atoms with Gasteiger partial charge in [0.25, 0.3) is 0 Å². The van der Waals surface area contributed by atoms with Crippen LogP contribution < -0.4 is 4.72 Å². The molecule has 0 bridgehead atoms. The van der Waals surface area contributed by atoms with Crippen molar-refractivity contribution in [2.75, 3.05) is 6.26 Å². The Bertz CT molecular complexity index is 1280. The Labute approximate surface area is 176 Å². The molecule has 4 rings (SSSR count). The van der Waals surface area contributed by atoms with Gasteiger partial charge >= 0.3 is 0 Å². The van der Waals surface area contributed by atoms with Crippen LogP contribution in [0, 0.1) is 11.3 Å². The maximum atomic E-state index is 12.6. The fourth-order valence-electron chi connectivity index (χ4n) is 2.86. The summed E-state index contributed by atoms with van der Waals surface area (Å²) in [7, 11) is -2.65. The first-order valence-corrected chi connectivity index (χ1v) is 11.2. The van der Waals surface area contributed by atoms with Gasteiger partial charge in [-0.1, -0.05) is 15.9 Å². The van der Waals surface area contributed by atoms with E-state index < -0.39 is 16.0 Å². The van der Waals surface area contributed by atoms with Crippen LogP contribution in [0.5, 0.6) is 0 Å². The third-order valence-electron chi connectivity index (χ3n) is 4.14. The van der Waals surface area contributed by atoms with Crippen LogP contribution in [0.4, 0.5) is 5.69 Å². The number of nitriles is 1. The highest BCUT2D eigenvalue weighted by molar-refractivity contribution is 9.10. The number of amidine groups is 1. The van der Waals surface area contributed by atoms with Crippen molar-refractivity contribution < 1.29 is 4.21 Å². The lowest BCUT2D eigenvalue weighted by Crippen LogP contribution is -2.33. The molecule has 0 fully saturated rings. The van der Waals surface area contributed by atoms with Gasteiger partial charge in [-0.05, 0) is 37.3 Å². The first-order chi connectivity index (χ1) is 13.9. The van der Waals surface area contributed by atoms with Gasteiger partial charge in [-0.25, -0.2) is 14.2 Å². The van der Waals surface area contributed by atoms with E-state index in [9.17, 15) is 4.21 Å². The zero-order chi connectivity index (χ0) is 20.6. The van der Waals surface area contributed by atoms with Gasteiger partial charge in [0.2, 0.25) is 0 Å². The third-order valence-corrected chi connectivity index (χ3v) is 5.75. The quantitative estimate of drug-likeness (QED) is 0.630. The Balaban J connectivity index is 1.75. The van der Waals surface area contributed by atoms with E-state index in [1.54, 1.807) is 22.9 Å². The first-order valence-electron chi connectivity index (χ1n) is 8.50. The van der Waals surface area contributed by atoms with Gasteiger partial charge in [0.15, 0.2) is 11.6 Å². The maximum absolute atomic E-state index is 12.6. The summed E-state index contributed by atoms with van der Waals surface area (Å²) < 4.78 is 22.3. The van der Waals surface area contributed by atoms with Gasteiger partial charge in [0, 0.05) is 22.5 Å². The second-order valence-corrected chi connectivity index (χ2v) is 9.27. The van der Waals surface area contributed by atoms with Crippen LogP contribution in [-0.4, -0.2) is 36.0 Å². The topological polar surface area (TPSA) is 121 Å². The third kappa shape index (κ3) is 3.90. The number of hydrogen-bond acceptors (Lipinski definition) is 7. The summed E-state index contributed by atoms with van der Waals surface area (Å²) in [6.07, 6.45) is 4.42. The molecule has 0 spiro atoms. The molecule has 1 aliphatic heterocycles. The van der Waals surface area contributed by atoms with Crippen molar-refractivity contribution in [3.63, 3.8) is 0 Å². The van der Waals surface area contributed by atoms with E-state index in [-0.39, 0.29) is 0 Å². The first kappa shape index (κ1) is 19.2. The zero-order valence-corrected chi connectivity index (χ0v) is 17.8. The van der Waals surface area contributed by atoms with Crippen molar-refractivity contribution in [2.24, 2.45) is 9.36 Å². The Morgan fingerprint density at radius 1 is 1.31 bits per heavy atom. The molecule has 0 amide bonds. The average Bonchev–Trinajstić information content (AvgIpc) is 3.18. The van der Waals surface area contributed by atoms with Crippen LogP contribution in [0.1, 0.15) is 29.9 Å². The van der Waals surface area contributed by atoms with Gasteiger partial charge in [-0.2, -0.15) is 19.4 Å². The van der Waals surface area contributed by atoms with Gasteiger partial charge in [0.05, 0.1) is 11.3 Å². The summed E-state index contributed by atoms with van der Waals surface area (Å²) in [5.74, 6) is 1.55. The number of aliphatic imine (C=N–C) groups is 1. The number of hydrogen-bond donors (Lipinski definition) is 1. The molecule has 2 aromatic heterocycles. The Morgan fingerprint density at radius 2 is 2.14 bits per heavy atom. The lowest BCUT2D eigenvalue weighted by Gasteiger charge is -2.20. The van der Waals surface area contributed by atoms with Crippen molar-refractivity contribution >= 4 is 37.4 Å². The predicted octanol–water partition coefficient (Wildman–Crippen LogP) is 3.05. The molecule has 3 heterocycles. The fourth-order valence-corrected chi connectivity index (χ4v) is 4.32. The predicted molar refractivity (Wildman–Crippen MR) is 112 cm³/mol. The van der Waals surface area contributed by atoms with E-state index in [0.29, 0.717) is 28.7 Å². The van der Waals surface area contributed by atoms with E-state index >= 15 is 0 Å². The van der Waals surface area contributed by atoms with Gasteiger partial charge in [-0.15, -0.1) is 0 Å². The van der Waals surface area contributed by atoms with Crippen LogP contribution in [0.3, 0.4) is 0 Å². The van der Waals surface area contributed by atoms with E-state index in [1.165, 1.54) is 18.8 Å². The number of fused-ring (bicyclic) bond motifs is 1. The summed E-state index contributed by atoms with van der Waals surface area (Å²) in [6.45, 7) is 1.86. The molecule has 0 aliphatic carbocycles. The lowest BCUT2D eigenvalue weighted by molar-refractivity contribution is 0.672. The molecule has 0 radical (unpaired) electrons. The zero-order valence-electron chi connectivity index (χ0n) is 15.4. The van der Waals surface area contributed by atoms with Crippen molar-refractivity contribution in [1.29, 1.82) is 5.26 Å². The highest BCUT2D eigenvalue weighted by Gasteiger charge is 2.22. The molecular weight excluding hydrogens is 456 g/mol. The second kappa shape index (κ2) is 7.38. The second-order valence-electron chi connectivity index (χ2n) is 6.36. The maximum Gasteiger partial charge on any atom is 0.158 e. The molecule has 1 N–H and O–H groups in total. The van der Waals surface area contributed by atoms with Gasteiger partial charge in [-0.3, -0.25) is 9.71 Å². The van der Waals surface area contributed by atoms with Gasteiger partial charge < -0.3 is 0 Å². The monoisotopic (exact) mass is 470 g/mol. The van der Waals surface area contributed by atoms with Crippen LogP contribution >= 0.6 is 15.9 Å². The Kier molecular flexibility index (Phi) is 4.89. The molecule has 29 heavy (non-hydrogen) atoms. The van der Waals surface area contributed by atoms with Crippen LogP contribution in [-0.2, 0) is 9.92 Å². The number of nitrogens with one attached hydrogen (secondary N) is 1. The largest absolute Gasteiger partial charge is 0.283 e. The number of aromatic nitrogens is 4. The highest BCUT2D eigenvalue weighted by atomic mass is 79.9. The van der Waals surface area contributed by atoms with Crippen LogP contribution in [0.15, 0.2) is 56.7 Å². The van der Waals surface area contributed by atoms with Crippen molar-refractivity contribution in [1.82, 2.24) is 24.5 Å². The molecule has 0 saturated heterocycles. The van der Waals surface area contributed by atoms with Gasteiger partial charge in [0.1, 0.15) is 34.2 Å². The molecule has 11 heteroatoms. The number of rotatable bonds is 3. The van der Waals surface area contributed by atoms with Crippen LogP contribution in [0.25, 0.3) is 5.82 Å². The number of benzene rings is 1. The molecule has 146 valence electrons. The summed E-state index contributed by atoms with van der Waals surface area (Å²) in [5.41, 5.74) is 1.81. The van der Waals surface area contributed by atoms with E-state index in [2.05, 4.69) is 40.1 Å². The molecule has 9 nitrogen and oxygen atoms in total. The summed E-state index contributed by atoms with van der Waals surface area (Å²) in [4.78, 5) is 13.3. The average molecular weight is 471 g/mol. The number of nitrogens with zero attached hydrogens (tertiary/aromatic N) is 7. The van der Waals surface area contributed by atoms with Crippen molar-refractivity contribution in [3.8, 4) is 11.9 Å². The summed E-state index contributed by atoms with van der Waals surface area (Å²) in [5, 5.41) is 13.2. The van der Waals surface area contributed by atoms with E-state index in [0.717, 1.165) is 10.0 Å². The fraction of sp³-hybridized carbons (Fsp3) is 0.167. The summed E-state index contributed by atoms with van der Waals surface area (Å²) >= 11 is 3.45. The minimum atomic E-state index is -2.65. The standard InChI is InChI=1S/C18H15BrN8OS/c1-11(18-22-10-23-27(18)16-6-3-12(8-20)9-21-16)24-17-14-7-13(19)4-5-15(14)25-29(2,28)26-17/h3-7,9-11H,1-2H3,(H,24,25,26,28)/t11-,29?/m0/s1. The molecule has 2 atom stereocenters. The Morgan fingerprint density at radius 3 is 2.86 bits per heavy atom. The van der Waals surface area contributed by atoms with Crippen molar-refractivity contribution in [3.05, 3.63) is 64.3 Å². The molecular formula is C18H15BrN8OS. The molecule has 1 aromatic carbocycles. The molecule has 0 saturated carbocycles. The minimum Gasteiger partial charge on any atom is -0.283 e. The van der Waals surface area contributed by atoms with Crippen LogP contribution in [0.2, 0.25) is 0 Å². The molecule has 3 aromatic rings. The highest BCUT2D eigenvalue weighted by Crippen LogP contribution is 2.29. The number of pyridine rings is 1. The normalized spacial score (nSPS) is 20.3. The van der Waals surface area contributed by atoms with E-state index in [4.69, 9.17) is 10.3 Å². The Hall–Kier alpha value is -3.10. The minimum absolute atomic E-state index is 0.419. The smallest absolute Gasteiger partial charge is 0.158 e. The SMILES string of the molecule is C[C@H](N=C1NS(C)(=O)=Nc2ccc(Br)cc21)c1ncnn1-c1ccc(C#N)cn1. The lowest BCUT2D eigenvalue weighted by atomic mass is 10.1. The molecule has 1 unspecified atom stereocenters. The van der Waals surface area contributed by atoms with Crippen molar-refractivity contribution in [2.45, 2.75) is 13.0 Å².